The van der Waals surface area contributed by atoms with Crippen molar-refractivity contribution in [1.82, 2.24) is 0 Å². The molecule has 0 radical (unpaired) electrons. The Morgan fingerprint density at radius 2 is 2.26 bits per heavy atom. The van der Waals surface area contributed by atoms with Crippen molar-refractivity contribution in [2.45, 2.75) is 43.6 Å². The predicted molar refractivity (Wildman–Crippen MR) is 74.5 cm³/mol. The Balaban J connectivity index is 1.88. The second-order valence-corrected chi connectivity index (χ2v) is 6.63. The van der Waals surface area contributed by atoms with Crippen LogP contribution in [0.5, 0.6) is 5.75 Å². The van der Waals surface area contributed by atoms with Crippen LogP contribution in [-0.2, 0) is 11.2 Å². The van der Waals surface area contributed by atoms with Gasteiger partial charge in [-0.25, -0.2) is 0 Å². The van der Waals surface area contributed by atoms with Gasteiger partial charge in [-0.3, -0.25) is 4.79 Å². The van der Waals surface area contributed by atoms with Gasteiger partial charge in [0, 0.05) is 12.0 Å². The fourth-order valence-corrected chi connectivity index (χ4v) is 3.37. The number of primary amides is 1. The Kier molecular flexibility index (Phi) is 2.79. The molecule has 1 heterocycles. The number of ether oxygens (including phenoxy) is 1. The van der Waals surface area contributed by atoms with Gasteiger partial charge in [0.1, 0.15) is 16.7 Å². The Hall–Kier alpha value is -1.22. The molecule has 1 aromatic rings. The van der Waals surface area contributed by atoms with E-state index in [1.54, 1.807) is 6.92 Å². The summed E-state index contributed by atoms with van der Waals surface area (Å²) in [7, 11) is 0. The van der Waals surface area contributed by atoms with E-state index in [1.165, 1.54) is 11.1 Å². The molecular weight excluding hydrogens is 262 g/mol. The minimum Gasteiger partial charge on any atom is -0.490 e. The third-order valence-corrected chi connectivity index (χ3v) is 4.82. The van der Waals surface area contributed by atoms with Gasteiger partial charge in [0.05, 0.1) is 0 Å². The van der Waals surface area contributed by atoms with E-state index in [2.05, 4.69) is 13.0 Å². The average molecular weight is 280 g/mol. The molecule has 2 N–H and O–H groups in total. The first-order valence-corrected chi connectivity index (χ1v) is 7.06. The van der Waals surface area contributed by atoms with Crippen molar-refractivity contribution in [1.29, 1.82) is 0 Å². The van der Waals surface area contributed by atoms with Crippen LogP contribution in [0.25, 0.3) is 0 Å². The smallest absolute Gasteiger partial charge is 0.238 e. The van der Waals surface area contributed by atoms with Crippen LogP contribution < -0.4 is 10.5 Å². The molecule has 3 rings (SSSR count). The van der Waals surface area contributed by atoms with Gasteiger partial charge >= 0.3 is 0 Å². The monoisotopic (exact) mass is 279 g/mol. The number of fused-ring (bicyclic) bond motifs is 1. The maximum atomic E-state index is 11.4. The molecule has 0 spiro atoms. The van der Waals surface area contributed by atoms with Crippen LogP contribution in [0, 0.1) is 5.92 Å². The second-order valence-electron chi connectivity index (χ2n) is 5.85. The summed E-state index contributed by atoms with van der Waals surface area (Å²) in [6, 6.07) is 6.14. The molecule has 4 atom stereocenters. The predicted octanol–water partition coefficient (Wildman–Crippen LogP) is 2.60. The molecule has 102 valence electrons. The number of benzene rings is 1. The molecule has 4 unspecified atom stereocenters. The summed E-state index contributed by atoms with van der Waals surface area (Å²) in [5.74, 6) is 1.01. The fraction of sp³-hybridized carbons (Fsp3) is 0.533. The first-order chi connectivity index (χ1) is 8.91. The van der Waals surface area contributed by atoms with Crippen LogP contribution in [0.1, 0.15) is 37.3 Å². The van der Waals surface area contributed by atoms with E-state index in [-0.39, 0.29) is 12.0 Å². The van der Waals surface area contributed by atoms with Gasteiger partial charge in [0.15, 0.2) is 0 Å². The second kappa shape index (κ2) is 4.14. The van der Waals surface area contributed by atoms with Crippen molar-refractivity contribution in [2.75, 3.05) is 0 Å². The highest BCUT2D eigenvalue weighted by molar-refractivity contribution is 6.34. The molecule has 1 aliphatic carbocycles. The molecule has 19 heavy (non-hydrogen) atoms. The van der Waals surface area contributed by atoms with Crippen LogP contribution in [0.15, 0.2) is 18.2 Å². The zero-order valence-electron chi connectivity index (χ0n) is 11.2. The number of carbonyl (C=O) groups excluding carboxylic acids is 1. The Morgan fingerprint density at radius 1 is 1.53 bits per heavy atom. The first kappa shape index (κ1) is 12.8. The van der Waals surface area contributed by atoms with Crippen LogP contribution in [-0.4, -0.2) is 16.9 Å². The summed E-state index contributed by atoms with van der Waals surface area (Å²) in [4.78, 5) is 10.5. The SMILES string of the molecule is CC1Cc2c(cccc2C2CC2C(C)(Cl)C(N)=O)O1. The highest BCUT2D eigenvalue weighted by Gasteiger charge is 2.54. The molecular formula is C15H18ClNO2. The Labute approximate surface area is 118 Å². The normalized spacial score (nSPS) is 31.2. The van der Waals surface area contributed by atoms with Crippen LogP contribution in [0.3, 0.4) is 0 Å². The van der Waals surface area contributed by atoms with E-state index in [4.69, 9.17) is 22.1 Å². The van der Waals surface area contributed by atoms with Crippen molar-refractivity contribution < 1.29 is 9.53 Å². The van der Waals surface area contributed by atoms with Gasteiger partial charge in [-0.15, -0.1) is 11.6 Å². The van der Waals surface area contributed by atoms with Crippen molar-refractivity contribution in [3.05, 3.63) is 29.3 Å². The minimum atomic E-state index is -0.946. The number of halogens is 1. The molecule has 0 bridgehead atoms. The molecule has 1 aliphatic heterocycles. The van der Waals surface area contributed by atoms with Crippen molar-refractivity contribution >= 4 is 17.5 Å². The van der Waals surface area contributed by atoms with Gasteiger partial charge in [-0.1, -0.05) is 12.1 Å². The largest absolute Gasteiger partial charge is 0.490 e. The molecule has 1 saturated carbocycles. The summed E-state index contributed by atoms with van der Waals surface area (Å²) >= 11 is 6.29. The number of alkyl halides is 1. The number of hydrogen-bond acceptors (Lipinski definition) is 2. The highest BCUT2D eigenvalue weighted by Crippen LogP contribution is 2.57. The summed E-state index contributed by atoms with van der Waals surface area (Å²) in [6.45, 7) is 3.80. The highest BCUT2D eigenvalue weighted by atomic mass is 35.5. The third kappa shape index (κ3) is 2.00. The standard InChI is InChI=1S/C15H18ClNO2/c1-8-6-11-9(4-3-5-13(11)19-8)10-7-12(10)15(2,16)14(17)18/h3-5,8,10,12H,6-7H2,1-2H3,(H2,17,18). The van der Waals surface area contributed by atoms with Crippen molar-refractivity contribution in [3.63, 3.8) is 0 Å². The Bertz CT molecular complexity index is 541. The third-order valence-electron chi connectivity index (χ3n) is 4.36. The van der Waals surface area contributed by atoms with E-state index in [0.29, 0.717) is 5.92 Å². The van der Waals surface area contributed by atoms with E-state index in [1.807, 2.05) is 12.1 Å². The fourth-order valence-electron chi connectivity index (χ4n) is 3.13. The van der Waals surface area contributed by atoms with Gasteiger partial charge in [0.25, 0.3) is 0 Å². The quantitative estimate of drug-likeness (QED) is 0.865. The Morgan fingerprint density at radius 3 is 2.95 bits per heavy atom. The van der Waals surface area contributed by atoms with E-state index in [9.17, 15) is 4.79 Å². The summed E-state index contributed by atoms with van der Waals surface area (Å²) in [6.07, 6.45) is 2.09. The number of rotatable bonds is 3. The zero-order valence-corrected chi connectivity index (χ0v) is 11.9. The molecule has 1 aromatic carbocycles. The van der Waals surface area contributed by atoms with Gasteiger partial charge in [0.2, 0.25) is 5.91 Å². The molecule has 0 saturated heterocycles. The van der Waals surface area contributed by atoms with Crippen LogP contribution in [0.4, 0.5) is 0 Å². The van der Waals surface area contributed by atoms with E-state index < -0.39 is 10.8 Å². The van der Waals surface area contributed by atoms with Gasteiger partial charge in [-0.2, -0.15) is 0 Å². The van der Waals surface area contributed by atoms with Gasteiger partial charge in [-0.05, 0) is 43.7 Å². The minimum absolute atomic E-state index is 0.133. The lowest BCUT2D eigenvalue weighted by molar-refractivity contribution is -0.120. The lowest BCUT2D eigenvalue weighted by atomic mass is 9.95. The van der Waals surface area contributed by atoms with E-state index in [0.717, 1.165) is 18.6 Å². The molecule has 1 fully saturated rings. The maximum absolute atomic E-state index is 11.4. The molecule has 1 amide bonds. The van der Waals surface area contributed by atoms with Crippen LogP contribution >= 0.6 is 11.6 Å². The number of amides is 1. The molecule has 2 aliphatic rings. The number of carbonyl (C=O) groups is 1. The van der Waals surface area contributed by atoms with Crippen molar-refractivity contribution in [2.24, 2.45) is 11.7 Å². The summed E-state index contributed by atoms with van der Waals surface area (Å²) in [5.41, 5.74) is 7.95. The zero-order chi connectivity index (χ0) is 13.8. The molecule has 3 nitrogen and oxygen atoms in total. The summed E-state index contributed by atoms with van der Waals surface area (Å²) in [5, 5.41) is 0. The summed E-state index contributed by atoms with van der Waals surface area (Å²) < 4.78 is 5.77. The maximum Gasteiger partial charge on any atom is 0.238 e. The average Bonchev–Trinajstić information content (AvgIpc) is 3.04. The lowest BCUT2D eigenvalue weighted by Crippen LogP contribution is -2.38. The topological polar surface area (TPSA) is 52.3 Å². The van der Waals surface area contributed by atoms with Gasteiger partial charge < -0.3 is 10.5 Å². The van der Waals surface area contributed by atoms with Crippen molar-refractivity contribution in [3.8, 4) is 5.75 Å². The molecule has 4 heteroatoms. The number of hydrogen-bond donors (Lipinski definition) is 1. The molecule has 0 aromatic heterocycles. The first-order valence-electron chi connectivity index (χ1n) is 6.68. The number of nitrogens with two attached hydrogens (primary N) is 1. The lowest BCUT2D eigenvalue weighted by Gasteiger charge is -2.18. The van der Waals surface area contributed by atoms with E-state index >= 15 is 0 Å². The van der Waals surface area contributed by atoms with Crippen LogP contribution in [0.2, 0.25) is 0 Å².